The van der Waals surface area contributed by atoms with E-state index in [9.17, 15) is 4.79 Å². The third kappa shape index (κ3) is 2.87. The molecule has 74 valence electrons. The van der Waals surface area contributed by atoms with Gasteiger partial charge in [0.15, 0.2) is 0 Å². The van der Waals surface area contributed by atoms with Crippen molar-refractivity contribution in [1.29, 1.82) is 0 Å². The van der Waals surface area contributed by atoms with Gasteiger partial charge in [0.05, 0.1) is 6.04 Å². The number of terminal acetylenes is 1. The van der Waals surface area contributed by atoms with E-state index in [1.807, 2.05) is 6.92 Å². The quantitative estimate of drug-likeness (QED) is 0.740. The molecule has 0 spiro atoms. The molecule has 4 heteroatoms. The van der Waals surface area contributed by atoms with E-state index in [2.05, 4.69) is 11.2 Å². The molecule has 0 aliphatic rings. The maximum Gasteiger partial charge on any atom is 0.345 e. The molecule has 0 aliphatic heterocycles. The molecule has 3 nitrogen and oxygen atoms in total. The van der Waals surface area contributed by atoms with Gasteiger partial charge < -0.3 is 5.11 Å². The van der Waals surface area contributed by atoms with Crippen LogP contribution in [0.3, 0.4) is 0 Å². The summed E-state index contributed by atoms with van der Waals surface area (Å²) < 4.78 is 0. The lowest BCUT2D eigenvalue weighted by Gasteiger charge is -2.04. The number of nitrogens with one attached hydrogen (secondary N) is 1. The summed E-state index contributed by atoms with van der Waals surface area (Å²) in [4.78, 5) is 11.9. The minimum atomic E-state index is -0.883. The average Bonchev–Trinajstić information content (AvgIpc) is 2.62. The van der Waals surface area contributed by atoms with E-state index in [4.69, 9.17) is 11.5 Å². The van der Waals surface area contributed by atoms with Gasteiger partial charge in [-0.25, -0.2) is 4.79 Å². The topological polar surface area (TPSA) is 49.3 Å². The summed E-state index contributed by atoms with van der Waals surface area (Å²) in [6.45, 7) is 2.50. The molecule has 0 saturated carbocycles. The Balaban J connectivity index is 2.53. The summed E-state index contributed by atoms with van der Waals surface area (Å²) in [5, 5.41) is 11.8. The molecule has 1 aromatic heterocycles. The Hall–Kier alpha value is -1.31. The Kier molecular flexibility index (Phi) is 3.69. The van der Waals surface area contributed by atoms with E-state index in [0.29, 0.717) is 11.4 Å². The van der Waals surface area contributed by atoms with Gasteiger partial charge in [-0.1, -0.05) is 5.92 Å². The van der Waals surface area contributed by atoms with Crippen molar-refractivity contribution in [3.8, 4) is 12.3 Å². The lowest BCUT2D eigenvalue weighted by molar-refractivity contribution is 0.0702. The molecule has 0 aromatic carbocycles. The highest BCUT2D eigenvalue weighted by Crippen LogP contribution is 2.15. The van der Waals surface area contributed by atoms with Crippen LogP contribution < -0.4 is 5.32 Å². The first-order valence-electron chi connectivity index (χ1n) is 4.15. The average molecular weight is 209 g/mol. The Morgan fingerprint density at radius 1 is 1.79 bits per heavy atom. The second-order valence-corrected chi connectivity index (χ2v) is 4.01. The number of rotatable bonds is 4. The highest BCUT2D eigenvalue weighted by molar-refractivity contribution is 7.13. The van der Waals surface area contributed by atoms with Gasteiger partial charge in [-0.3, -0.25) is 5.32 Å². The predicted molar refractivity (Wildman–Crippen MR) is 56.4 cm³/mol. The normalized spacial score (nSPS) is 12.0. The van der Waals surface area contributed by atoms with Gasteiger partial charge in [0, 0.05) is 11.4 Å². The number of carboxylic acid groups (broad SMARTS) is 1. The fourth-order valence-electron chi connectivity index (χ4n) is 0.900. The SMILES string of the molecule is C#CC(C)NCc1ccc(C(=O)O)s1. The van der Waals surface area contributed by atoms with Crippen LogP contribution in [-0.2, 0) is 6.54 Å². The molecule has 14 heavy (non-hydrogen) atoms. The van der Waals surface area contributed by atoms with E-state index in [1.165, 1.54) is 11.3 Å². The first-order chi connectivity index (χ1) is 6.63. The van der Waals surface area contributed by atoms with Crippen molar-refractivity contribution < 1.29 is 9.90 Å². The molecule has 0 bridgehead atoms. The molecule has 0 amide bonds. The first-order valence-corrected chi connectivity index (χ1v) is 4.96. The summed E-state index contributed by atoms with van der Waals surface area (Å²) in [6, 6.07) is 3.40. The first kappa shape index (κ1) is 10.8. The van der Waals surface area contributed by atoms with Crippen LogP contribution in [0.25, 0.3) is 0 Å². The van der Waals surface area contributed by atoms with E-state index < -0.39 is 5.97 Å². The summed E-state index contributed by atoms with van der Waals surface area (Å²) in [5.41, 5.74) is 0. The Labute approximate surface area is 86.8 Å². The minimum absolute atomic E-state index is 0.00498. The zero-order valence-corrected chi connectivity index (χ0v) is 8.60. The Bertz CT molecular complexity index is 364. The van der Waals surface area contributed by atoms with E-state index in [-0.39, 0.29) is 6.04 Å². The van der Waals surface area contributed by atoms with Gasteiger partial charge in [-0.2, -0.15) is 0 Å². The largest absolute Gasteiger partial charge is 0.477 e. The third-order valence-electron chi connectivity index (χ3n) is 1.70. The maximum atomic E-state index is 10.6. The fraction of sp³-hybridized carbons (Fsp3) is 0.300. The van der Waals surface area contributed by atoms with E-state index in [1.54, 1.807) is 12.1 Å². The molecule has 0 saturated heterocycles. The lowest BCUT2D eigenvalue weighted by atomic mass is 10.3. The van der Waals surface area contributed by atoms with Crippen molar-refractivity contribution in [2.45, 2.75) is 19.5 Å². The highest BCUT2D eigenvalue weighted by Gasteiger charge is 2.06. The minimum Gasteiger partial charge on any atom is -0.477 e. The number of hydrogen-bond donors (Lipinski definition) is 2. The van der Waals surface area contributed by atoms with Crippen molar-refractivity contribution in [2.75, 3.05) is 0 Å². The van der Waals surface area contributed by atoms with Crippen molar-refractivity contribution >= 4 is 17.3 Å². The molecular weight excluding hydrogens is 198 g/mol. The molecule has 1 heterocycles. The molecule has 0 fully saturated rings. The second kappa shape index (κ2) is 4.80. The van der Waals surface area contributed by atoms with Gasteiger partial charge >= 0.3 is 5.97 Å². The predicted octanol–water partition coefficient (Wildman–Crippen LogP) is 1.56. The Morgan fingerprint density at radius 3 is 3.00 bits per heavy atom. The van der Waals surface area contributed by atoms with Crippen molar-refractivity contribution in [3.63, 3.8) is 0 Å². The maximum absolute atomic E-state index is 10.6. The summed E-state index contributed by atoms with van der Waals surface area (Å²) in [5.74, 6) is 1.66. The van der Waals surface area contributed by atoms with Crippen molar-refractivity contribution in [2.24, 2.45) is 0 Å². The molecular formula is C10H11NO2S. The number of aromatic carboxylic acids is 1. The van der Waals surface area contributed by atoms with Gasteiger partial charge in [-0.15, -0.1) is 17.8 Å². The molecule has 1 aromatic rings. The zero-order valence-electron chi connectivity index (χ0n) is 7.78. The fourth-order valence-corrected chi connectivity index (χ4v) is 1.70. The van der Waals surface area contributed by atoms with Crippen LogP contribution in [0.15, 0.2) is 12.1 Å². The van der Waals surface area contributed by atoms with Crippen LogP contribution in [0.5, 0.6) is 0 Å². The van der Waals surface area contributed by atoms with Crippen LogP contribution in [-0.4, -0.2) is 17.1 Å². The van der Waals surface area contributed by atoms with E-state index >= 15 is 0 Å². The van der Waals surface area contributed by atoms with Gasteiger partial charge in [-0.05, 0) is 19.1 Å². The van der Waals surface area contributed by atoms with Crippen LogP contribution in [0.2, 0.25) is 0 Å². The third-order valence-corrected chi connectivity index (χ3v) is 2.78. The molecule has 2 N–H and O–H groups in total. The van der Waals surface area contributed by atoms with Gasteiger partial charge in [0.2, 0.25) is 0 Å². The second-order valence-electron chi connectivity index (χ2n) is 2.84. The monoisotopic (exact) mass is 209 g/mol. The molecule has 1 unspecified atom stereocenters. The van der Waals surface area contributed by atoms with Crippen molar-refractivity contribution in [1.82, 2.24) is 5.32 Å². The molecule has 0 aliphatic carbocycles. The molecule has 1 atom stereocenters. The van der Waals surface area contributed by atoms with E-state index in [0.717, 1.165) is 4.88 Å². The highest BCUT2D eigenvalue weighted by atomic mass is 32.1. The van der Waals surface area contributed by atoms with Gasteiger partial charge in [0.1, 0.15) is 4.88 Å². The smallest absolute Gasteiger partial charge is 0.345 e. The summed E-state index contributed by atoms with van der Waals surface area (Å²) in [7, 11) is 0. The van der Waals surface area contributed by atoms with Crippen LogP contribution in [0, 0.1) is 12.3 Å². The lowest BCUT2D eigenvalue weighted by Crippen LogP contribution is -2.22. The standard InChI is InChI=1S/C10H11NO2S/c1-3-7(2)11-6-8-4-5-9(14-8)10(12)13/h1,4-5,7,11H,6H2,2H3,(H,12,13). The molecule has 0 radical (unpaired) electrons. The zero-order chi connectivity index (χ0) is 10.6. The van der Waals surface area contributed by atoms with Crippen LogP contribution >= 0.6 is 11.3 Å². The summed E-state index contributed by atoms with van der Waals surface area (Å²) >= 11 is 1.26. The summed E-state index contributed by atoms with van der Waals surface area (Å²) in [6.07, 6.45) is 5.19. The molecule has 1 rings (SSSR count). The number of carbonyl (C=O) groups is 1. The van der Waals surface area contributed by atoms with Crippen LogP contribution in [0.1, 0.15) is 21.5 Å². The number of hydrogen-bond acceptors (Lipinski definition) is 3. The van der Waals surface area contributed by atoms with Crippen molar-refractivity contribution in [3.05, 3.63) is 21.9 Å². The number of carboxylic acids is 1. The Morgan fingerprint density at radius 2 is 2.50 bits per heavy atom. The van der Waals surface area contributed by atoms with Crippen LogP contribution in [0.4, 0.5) is 0 Å². The number of thiophene rings is 1. The van der Waals surface area contributed by atoms with Gasteiger partial charge in [0.25, 0.3) is 0 Å².